The first-order chi connectivity index (χ1) is 5.70. The lowest BCUT2D eigenvalue weighted by molar-refractivity contribution is 0.448. The Labute approximate surface area is 71.7 Å². The summed E-state index contributed by atoms with van der Waals surface area (Å²) in [6, 6.07) is 0. The van der Waals surface area contributed by atoms with Gasteiger partial charge in [0.2, 0.25) is 5.88 Å². The molecule has 0 aromatic carbocycles. The second-order valence-corrected chi connectivity index (χ2v) is 3.29. The van der Waals surface area contributed by atoms with E-state index in [2.05, 4.69) is 4.98 Å². The lowest BCUT2D eigenvalue weighted by Gasteiger charge is -1.96. The largest absolute Gasteiger partial charge is 0.493 e. The van der Waals surface area contributed by atoms with Gasteiger partial charge >= 0.3 is 0 Å². The van der Waals surface area contributed by atoms with E-state index in [1.807, 2.05) is 0 Å². The van der Waals surface area contributed by atoms with Crippen LogP contribution in [0.4, 0.5) is 0 Å². The molecule has 5 heteroatoms. The number of aromatic hydroxyl groups is 1. The minimum absolute atomic E-state index is 0.178. The maximum absolute atomic E-state index is 11.4. The van der Waals surface area contributed by atoms with E-state index in [0.717, 1.165) is 0 Å². The van der Waals surface area contributed by atoms with Gasteiger partial charge in [0.05, 0.1) is 5.56 Å². The minimum atomic E-state index is -0.209. The Balaban J connectivity index is 3.05. The molecule has 0 amide bonds. The molecule has 1 N–H and O–H groups in total. The Kier molecular flexibility index (Phi) is 1.41. The highest BCUT2D eigenvalue weighted by Gasteiger charge is 2.06. The Bertz CT molecular complexity index is 486. The van der Waals surface area contributed by atoms with Crippen molar-refractivity contribution in [3.8, 4) is 5.88 Å². The number of hydrogen-bond acceptors (Lipinski definition) is 4. The molecule has 0 unspecified atom stereocenters. The molecule has 0 bridgehead atoms. The van der Waals surface area contributed by atoms with Gasteiger partial charge in [0.1, 0.15) is 0 Å². The summed E-state index contributed by atoms with van der Waals surface area (Å²) in [5.74, 6) is -0.178. The molecule has 0 aliphatic rings. The predicted octanol–water partition coefficient (Wildman–Crippen LogP) is 0.770. The quantitative estimate of drug-likeness (QED) is 0.654. The highest BCUT2D eigenvalue weighted by atomic mass is 32.1. The van der Waals surface area contributed by atoms with Crippen LogP contribution >= 0.6 is 11.3 Å². The van der Waals surface area contributed by atoms with Crippen molar-refractivity contribution < 1.29 is 5.11 Å². The summed E-state index contributed by atoms with van der Waals surface area (Å²) in [5.41, 5.74) is 0.0738. The van der Waals surface area contributed by atoms with Crippen LogP contribution in [0.15, 0.2) is 16.4 Å². The summed E-state index contributed by atoms with van der Waals surface area (Å²) < 4.78 is 1.42. The van der Waals surface area contributed by atoms with Crippen LogP contribution in [-0.2, 0) is 0 Å². The number of hydrogen-bond donors (Lipinski definition) is 1. The highest BCUT2D eigenvalue weighted by molar-refractivity contribution is 7.15. The molecule has 0 spiro atoms. The van der Waals surface area contributed by atoms with Gasteiger partial charge in [0, 0.05) is 11.6 Å². The van der Waals surface area contributed by atoms with Crippen molar-refractivity contribution in [1.29, 1.82) is 0 Å². The van der Waals surface area contributed by atoms with Crippen molar-refractivity contribution in [1.82, 2.24) is 9.38 Å². The third-order valence-electron chi connectivity index (χ3n) is 1.67. The zero-order valence-corrected chi connectivity index (χ0v) is 7.13. The van der Waals surface area contributed by atoms with Gasteiger partial charge in [-0.25, -0.2) is 0 Å². The van der Waals surface area contributed by atoms with Gasteiger partial charge in [-0.15, -0.1) is 11.3 Å². The molecule has 2 aromatic heterocycles. The van der Waals surface area contributed by atoms with Gasteiger partial charge < -0.3 is 5.11 Å². The fourth-order valence-corrected chi connectivity index (χ4v) is 1.66. The standard InChI is InChI=1S/C7H6N2O2S/c1-4-5(10)8-7-9(6(4)11)2-3-12-7/h2-3,10H,1H3. The topological polar surface area (TPSA) is 54.6 Å². The third-order valence-corrected chi connectivity index (χ3v) is 2.42. The van der Waals surface area contributed by atoms with Crippen molar-refractivity contribution >= 4 is 16.3 Å². The van der Waals surface area contributed by atoms with Crippen LogP contribution in [0.2, 0.25) is 0 Å². The highest BCUT2D eigenvalue weighted by Crippen LogP contribution is 2.12. The first-order valence-corrected chi connectivity index (χ1v) is 4.23. The lowest BCUT2D eigenvalue weighted by Crippen LogP contribution is -2.15. The summed E-state index contributed by atoms with van der Waals surface area (Å²) >= 11 is 1.32. The minimum Gasteiger partial charge on any atom is -0.493 e. The van der Waals surface area contributed by atoms with E-state index in [1.54, 1.807) is 18.5 Å². The molecule has 2 heterocycles. The number of nitrogens with zero attached hydrogens (tertiary/aromatic N) is 2. The Morgan fingerprint density at radius 1 is 1.67 bits per heavy atom. The average Bonchev–Trinajstić information content (AvgIpc) is 2.48. The summed E-state index contributed by atoms with van der Waals surface area (Å²) in [6.45, 7) is 1.55. The lowest BCUT2D eigenvalue weighted by atomic mass is 10.4. The molecule has 0 saturated heterocycles. The first kappa shape index (κ1) is 7.30. The van der Waals surface area contributed by atoms with Gasteiger partial charge in [0.15, 0.2) is 4.96 Å². The Morgan fingerprint density at radius 2 is 2.42 bits per heavy atom. The predicted molar refractivity (Wildman–Crippen MR) is 45.7 cm³/mol. The number of fused-ring (bicyclic) bond motifs is 1. The molecule has 12 heavy (non-hydrogen) atoms. The van der Waals surface area contributed by atoms with Crippen molar-refractivity contribution in [3.05, 3.63) is 27.5 Å². The molecule has 0 atom stereocenters. The number of thiazole rings is 1. The van der Waals surface area contributed by atoms with E-state index < -0.39 is 0 Å². The maximum atomic E-state index is 11.4. The van der Waals surface area contributed by atoms with Crippen LogP contribution in [-0.4, -0.2) is 14.5 Å². The molecule has 4 nitrogen and oxygen atoms in total. The van der Waals surface area contributed by atoms with Gasteiger partial charge in [-0.2, -0.15) is 4.98 Å². The summed E-state index contributed by atoms with van der Waals surface area (Å²) in [6.07, 6.45) is 1.64. The van der Waals surface area contributed by atoms with Crippen molar-refractivity contribution in [3.63, 3.8) is 0 Å². The molecule has 2 rings (SSSR count). The van der Waals surface area contributed by atoms with Crippen LogP contribution in [0.25, 0.3) is 4.96 Å². The normalized spacial score (nSPS) is 10.8. The molecule has 62 valence electrons. The second kappa shape index (κ2) is 2.31. The average molecular weight is 182 g/mol. The fraction of sp³-hybridized carbons (Fsp3) is 0.143. The summed E-state index contributed by atoms with van der Waals surface area (Å²) in [7, 11) is 0. The fourth-order valence-electron chi connectivity index (χ4n) is 0.958. The van der Waals surface area contributed by atoms with Gasteiger partial charge in [-0.1, -0.05) is 0 Å². The van der Waals surface area contributed by atoms with Gasteiger partial charge in [0.25, 0.3) is 5.56 Å². The van der Waals surface area contributed by atoms with E-state index >= 15 is 0 Å². The molecule has 2 aromatic rings. The van der Waals surface area contributed by atoms with Crippen LogP contribution in [0.5, 0.6) is 5.88 Å². The van der Waals surface area contributed by atoms with Gasteiger partial charge in [-0.05, 0) is 6.92 Å². The van der Waals surface area contributed by atoms with Crippen LogP contribution in [0, 0.1) is 6.92 Å². The van der Waals surface area contributed by atoms with E-state index in [1.165, 1.54) is 15.7 Å². The number of rotatable bonds is 0. The SMILES string of the molecule is Cc1c(O)nc2sccn2c1=O. The molecule has 0 radical (unpaired) electrons. The Morgan fingerprint density at radius 3 is 3.17 bits per heavy atom. The monoisotopic (exact) mass is 182 g/mol. The second-order valence-electron chi connectivity index (χ2n) is 2.42. The van der Waals surface area contributed by atoms with E-state index in [4.69, 9.17) is 0 Å². The van der Waals surface area contributed by atoms with Crippen LogP contribution < -0.4 is 5.56 Å². The van der Waals surface area contributed by atoms with E-state index in [-0.39, 0.29) is 17.0 Å². The smallest absolute Gasteiger partial charge is 0.265 e. The molecular weight excluding hydrogens is 176 g/mol. The summed E-state index contributed by atoms with van der Waals surface area (Å²) in [5, 5.41) is 11.0. The van der Waals surface area contributed by atoms with E-state index in [9.17, 15) is 9.90 Å². The zero-order chi connectivity index (χ0) is 8.72. The van der Waals surface area contributed by atoms with Crippen molar-refractivity contribution in [2.75, 3.05) is 0 Å². The molecular formula is C7H6N2O2S. The van der Waals surface area contributed by atoms with Crippen LogP contribution in [0.1, 0.15) is 5.56 Å². The molecule has 0 fully saturated rings. The zero-order valence-electron chi connectivity index (χ0n) is 6.31. The van der Waals surface area contributed by atoms with Crippen molar-refractivity contribution in [2.24, 2.45) is 0 Å². The Hall–Kier alpha value is -1.36. The van der Waals surface area contributed by atoms with E-state index in [0.29, 0.717) is 4.96 Å². The molecule has 0 aliphatic carbocycles. The van der Waals surface area contributed by atoms with Crippen LogP contribution in [0.3, 0.4) is 0 Å². The third kappa shape index (κ3) is 0.831. The van der Waals surface area contributed by atoms with Crippen molar-refractivity contribution in [2.45, 2.75) is 6.92 Å². The summed E-state index contributed by atoms with van der Waals surface area (Å²) in [4.78, 5) is 15.7. The maximum Gasteiger partial charge on any atom is 0.265 e. The molecule has 0 saturated carbocycles. The first-order valence-electron chi connectivity index (χ1n) is 3.35. The molecule has 0 aliphatic heterocycles. The van der Waals surface area contributed by atoms with Gasteiger partial charge in [-0.3, -0.25) is 9.20 Å². The number of aromatic nitrogens is 2.